The first-order valence-electron chi connectivity index (χ1n) is 8.45. The van der Waals surface area contributed by atoms with Gasteiger partial charge in [0.2, 0.25) is 5.95 Å². The third-order valence-electron chi connectivity index (χ3n) is 3.92. The molecule has 1 aliphatic rings. The number of hydrogen-bond acceptors (Lipinski definition) is 4. The third kappa shape index (κ3) is 4.91. The van der Waals surface area contributed by atoms with Gasteiger partial charge in [0.1, 0.15) is 0 Å². The molecule has 126 valence electrons. The van der Waals surface area contributed by atoms with Crippen LogP contribution in [0.4, 0.5) is 5.95 Å². The number of aromatic nitrogens is 2. The van der Waals surface area contributed by atoms with Crippen LogP contribution in [0.1, 0.15) is 36.0 Å². The zero-order valence-electron chi connectivity index (χ0n) is 14.1. The van der Waals surface area contributed by atoms with Gasteiger partial charge >= 0.3 is 0 Å². The number of rotatable bonds is 5. The van der Waals surface area contributed by atoms with Gasteiger partial charge in [0.15, 0.2) is 0 Å². The highest BCUT2D eigenvalue weighted by molar-refractivity contribution is 5.74. The highest BCUT2D eigenvalue weighted by Crippen LogP contribution is 2.16. The molecule has 0 aliphatic heterocycles. The Labute approximate surface area is 148 Å². The summed E-state index contributed by atoms with van der Waals surface area (Å²) >= 11 is 0. The van der Waals surface area contributed by atoms with Crippen LogP contribution in [-0.4, -0.2) is 9.97 Å². The molecule has 1 aromatic heterocycles. The van der Waals surface area contributed by atoms with Crippen LogP contribution in [-0.2, 0) is 0 Å². The molecule has 0 atom stereocenters. The van der Waals surface area contributed by atoms with Crippen molar-refractivity contribution in [1.82, 2.24) is 9.97 Å². The zero-order chi connectivity index (χ0) is 17.3. The predicted octanol–water partition coefficient (Wildman–Crippen LogP) is 4.61. The fraction of sp³-hybridized carbons (Fsp3) is 0.143. The van der Waals surface area contributed by atoms with Crippen molar-refractivity contribution < 1.29 is 0 Å². The van der Waals surface area contributed by atoms with Gasteiger partial charge in [0.05, 0.1) is 0 Å². The highest BCUT2D eigenvalue weighted by atomic mass is 15.1. The van der Waals surface area contributed by atoms with Crippen LogP contribution >= 0.6 is 0 Å². The van der Waals surface area contributed by atoms with E-state index in [1.54, 1.807) is 6.20 Å². The van der Waals surface area contributed by atoms with Crippen molar-refractivity contribution in [3.05, 3.63) is 83.5 Å². The molecule has 0 saturated carbocycles. The lowest BCUT2D eigenvalue weighted by atomic mass is 10.1. The number of allylic oxidation sites excluding steroid dienone is 4. The van der Waals surface area contributed by atoms with Gasteiger partial charge in [-0.25, -0.2) is 9.97 Å². The van der Waals surface area contributed by atoms with Gasteiger partial charge in [-0.3, -0.25) is 0 Å². The molecule has 4 heteroatoms. The summed E-state index contributed by atoms with van der Waals surface area (Å²) in [4.78, 5) is 8.80. The maximum Gasteiger partial charge on any atom is 0.226 e. The maximum absolute atomic E-state index is 5.50. The molecule has 0 bridgehead atoms. The molecule has 3 rings (SSSR count). The molecule has 0 saturated heterocycles. The van der Waals surface area contributed by atoms with E-state index in [0.717, 1.165) is 41.6 Å². The Bertz CT molecular complexity index is 814. The van der Waals surface area contributed by atoms with Gasteiger partial charge in [-0.2, -0.15) is 0 Å². The lowest BCUT2D eigenvalue weighted by Crippen LogP contribution is -2.03. The maximum atomic E-state index is 5.50. The normalized spacial score (nSPS) is 14.6. The molecule has 0 fully saturated rings. The standard InChI is InChI=1S/C21H22N4/c22-14-13-19-8-6-5-7-18(19)12-11-17-15-23-21(24-16-17)25-20-9-3-1-2-4-10-20/h1,3,5-9,11-16H,2,4,10,22H2,(H,23,24,25)/b12-11+,14-13-. The van der Waals surface area contributed by atoms with E-state index in [0.29, 0.717) is 5.95 Å². The summed E-state index contributed by atoms with van der Waals surface area (Å²) in [5.41, 5.74) is 9.78. The topological polar surface area (TPSA) is 63.8 Å². The molecule has 4 nitrogen and oxygen atoms in total. The number of nitrogens with zero attached hydrogens (tertiary/aromatic N) is 2. The smallest absolute Gasteiger partial charge is 0.226 e. The molecular formula is C21H22N4. The summed E-state index contributed by atoms with van der Waals surface area (Å²) in [5.74, 6) is 0.630. The van der Waals surface area contributed by atoms with Crippen molar-refractivity contribution >= 4 is 24.2 Å². The Kier molecular flexibility index (Phi) is 5.77. The SMILES string of the molecule is N/C=C\c1ccccc1/C=C/c1cnc(NC2=CC=CCCC2)nc1. The second-order valence-electron chi connectivity index (χ2n) is 5.80. The van der Waals surface area contributed by atoms with Crippen molar-refractivity contribution in [2.45, 2.75) is 19.3 Å². The monoisotopic (exact) mass is 330 g/mol. The van der Waals surface area contributed by atoms with Crippen LogP contribution in [0.2, 0.25) is 0 Å². The number of nitrogens with two attached hydrogens (primary N) is 1. The van der Waals surface area contributed by atoms with Gasteiger partial charge in [-0.1, -0.05) is 48.6 Å². The fourth-order valence-electron chi connectivity index (χ4n) is 2.61. The molecular weight excluding hydrogens is 308 g/mol. The van der Waals surface area contributed by atoms with Crippen LogP contribution in [0.15, 0.2) is 66.8 Å². The van der Waals surface area contributed by atoms with Gasteiger partial charge in [0.25, 0.3) is 0 Å². The Morgan fingerprint density at radius 2 is 1.76 bits per heavy atom. The number of hydrogen-bond donors (Lipinski definition) is 2. The minimum atomic E-state index is 0.630. The average molecular weight is 330 g/mol. The first kappa shape index (κ1) is 16.7. The molecule has 1 aliphatic carbocycles. The average Bonchev–Trinajstić information content (AvgIpc) is 2.91. The van der Waals surface area contributed by atoms with Crippen LogP contribution in [0.3, 0.4) is 0 Å². The minimum Gasteiger partial charge on any atom is -0.405 e. The molecule has 3 N–H and O–H groups in total. The second kappa shape index (κ2) is 8.64. The fourth-order valence-corrected chi connectivity index (χ4v) is 2.61. The van der Waals surface area contributed by atoms with Gasteiger partial charge in [0, 0.05) is 23.7 Å². The van der Waals surface area contributed by atoms with Crippen molar-refractivity contribution in [2.75, 3.05) is 5.32 Å². The van der Waals surface area contributed by atoms with E-state index in [-0.39, 0.29) is 0 Å². The van der Waals surface area contributed by atoms with E-state index < -0.39 is 0 Å². The number of benzene rings is 1. The summed E-state index contributed by atoms with van der Waals surface area (Å²) < 4.78 is 0. The lowest BCUT2D eigenvalue weighted by molar-refractivity contribution is 0.840. The lowest BCUT2D eigenvalue weighted by Gasteiger charge is -2.07. The second-order valence-corrected chi connectivity index (χ2v) is 5.80. The van der Waals surface area contributed by atoms with Crippen molar-refractivity contribution in [3.63, 3.8) is 0 Å². The summed E-state index contributed by atoms with van der Waals surface area (Å²) in [6.07, 6.45) is 20.8. The minimum absolute atomic E-state index is 0.630. The molecule has 0 spiro atoms. The molecule has 1 heterocycles. The number of nitrogens with one attached hydrogen (secondary N) is 1. The number of anilines is 1. The summed E-state index contributed by atoms with van der Waals surface area (Å²) in [6.45, 7) is 0. The van der Waals surface area contributed by atoms with Gasteiger partial charge < -0.3 is 11.1 Å². The van der Waals surface area contributed by atoms with E-state index in [1.165, 1.54) is 0 Å². The Morgan fingerprint density at radius 1 is 1.00 bits per heavy atom. The van der Waals surface area contributed by atoms with Crippen molar-refractivity contribution in [3.8, 4) is 0 Å². The van der Waals surface area contributed by atoms with Crippen molar-refractivity contribution in [2.24, 2.45) is 5.73 Å². The molecule has 25 heavy (non-hydrogen) atoms. The molecule has 1 aromatic carbocycles. The molecule has 0 unspecified atom stereocenters. The first-order chi connectivity index (χ1) is 12.3. The van der Waals surface area contributed by atoms with E-state index in [9.17, 15) is 0 Å². The summed E-state index contributed by atoms with van der Waals surface area (Å²) in [5, 5.41) is 3.29. The van der Waals surface area contributed by atoms with E-state index in [1.807, 2.05) is 48.8 Å². The Morgan fingerprint density at radius 3 is 2.52 bits per heavy atom. The largest absolute Gasteiger partial charge is 0.405 e. The first-order valence-corrected chi connectivity index (χ1v) is 8.45. The quantitative estimate of drug-likeness (QED) is 0.840. The van der Waals surface area contributed by atoms with Crippen molar-refractivity contribution in [1.29, 1.82) is 0 Å². The predicted molar refractivity (Wildman–Crippen MR) is 105 cm³/mol. The zero-order valence-corrected chi connectivity index (χ0v) is 14.1. The van der Waals surface area contributed by atoms with Gasteiger partial charge in [-0.05, 0) is 48.7 Å². The molecule has 0 radical (unpaired) electrons. The van der Waals surface area contributed by atoms with E-state index >= 15 is 0 Å². The van der Waals surface area contributed by atoms with Crippen LogP contribution < -0.4 is 11.1 Å². The molecule has 0 amide bonds. The van der Waals surface area contributed by atoms with E-state index in [2.05, 4.69) is 39.6 Å². The third-order valence-corrected chi connectivity index (χ3v) is 3.92. The summed E-state index contributed by atoms with van der Waals surface area (Å²) in [7, 11) is 0. The van der Waals surface area contributed by atoms with Crippen LogP contribution in [0, 0.1) is 0 Å². The Balaban J connectivity index is 1.68. The summed E-state index contributed by atoms with van der Waals surface area (Å²) in [6, 6.07) is 8.08. The molecule has 2 aromatic rings. The highest BCUT2D eigenvalue weighted by Gasteiger charge is 2.02. The Hall–Kier alpha value is -3.14. The van der Waals surface area contributed by atoms with Crippen LogP contribution in [0.25, 0.3) is 18.2 Å². The van der Waals surface area contributed by atoms with Crippen LogP contribution in [0.5, 0.6) is 0 Å². The van der Waals surface area contributed by atoms with E-state index in [4.69, 9.17) is 5.73 Å². The van der Waals surface area contributed by atoms with Gasteiger partial charge in [-0.15, -0.1) is 0 Å².